The first kappa shape index (κ1) is 14.2. The van der Waals surface area contributed by atoms with Crippen molar-refractivity contribution in [3.8, 4) is 0 Å². The molecule has 1 saturated heterocycles. The van der Waals surface area contributed by atoms with Crippen molar-refractivity contribution in [3.05, 3.63) is 12.5 Å². The molecule has 0 aliphatic carbocycles. The summed E-state index contributed by atoms with van der Waals surface area (Å²) in [6, 6.07) is 0. The highest BCUT2D eigenvalue weighted by molar-refractivity contribution is 5.70. The number of imidazole rings is 1. The average molecular weight is 290 g/mol. The number of rotatable bonds is 6. The van der Waals surface area contributed by atoms with Crippen LogP contribution in [0.15, 0.2) is 12.5 Å². The molecule has 1 aliphatic heterocycles. The van der Waals surface area contributed by atoms with E-state index in [9.17, 15) is 0 Å². The number of hydrogen-bond donors (Lipinski definition) is 1. The van der Waals surface area contributed by atoms with Gasteiger partial charge in [-0.15, -0.1) is 0 Å². The highest BCUT2D eigenvalue weighted by Gasteiger charge is 2.22. The molecule has 0 radical (unpaired) electrons. The van der Waals surface area contributed by atoms with E-state index in [2.05, 4.69) is 25.2 Å². The van der Waals surface area contributed by atoms with Crippen LogP contribution in [0.4, 0.5) is 5.95 Å². The lowest BCUT2D eigenvalue weighted by Gasteiger charge is -2.15. The third-order valence-electron chi connectivity index (χ3n) is 4.01. The van der Waals surface area contributed by atoms with Crippen molar-refractivity contribution in [3.63, 3.8) is 0 Å². The molecule has 7 heteroatoms. The first-order valence-electron chi connectivity index (χ1n) is 7.35. The Morgan fingerprint density at radius 1 is 1.43 bits per heavy atom. The number of aryl methyl sites for hydroxylation is 1. The van der Waals surface area contributed by atoms with Gasteiger partial charge in [0.25, 0.3) is 0 Å². The molecule has 21 heavy (non-hydrogen) atoms. The number of nitrogens with zero attached hydrogens (tertiary/aromatic N) is 5. The van der Waals surface area contributed by atoms with Crippen molar-refractivity contribution in [2.45, 2.75) is 6.42 Å². The van der Waals surface area contributed by atoms with Gasteiger partial charge in [0.1, 0.15) is 5.52 Å². The molecule has 3 heterocycles. The van der Waals surface area contributed by atoms with Gasteiger partial charge in [-0.3, -0.25) is 0 Å². The molecular weight excluding hydrogens is 268 g/mol. The first-order valence-corrected chi connectivity index (χ1v) is 7.35. The lowest BCUT2D eigenvalue weighted by molar-refractivity contribution is 0.159. The van der Waals surface area contributed by atoms with Gasteiger partial charge in [0.05, 0.1) is 19.1 Å². The fourth-order valence-electron chi connectivity index (χ4n) is 2.74. The summed E-state index contributed by atoms with van der Waals surface area (Å²) in [7, 11) is 3.69. The van der Waals surface area contributed by atoms with Crippen LogP contribution < -0.4 is 5.32 Å². The Hall–Kier alpha value is -1.73. The number of nitrogens with one attached hydrogen (secondary N) is 1. The molecule has 0 aromatic carbocycles. The minimum Gasteiger partial charge on any atom is -0.383 e. The maximum Gasteiger partial charge on any atom is 0.224 e. The molecule has 1 aliphatic rings. The standard InChI is InChI=1S/C14H22N6O/c1-19-10-17-13-12(19)8-16-14(18-13)15-7-11-3-4-20(9-11)5-6-21-2/h8,10-11H,3-7,9H2,1-2H3,(H,15,16,18). The van der Waals surface area contributed by atoms with Crippen LogP contribution in [0.2, 0.25) is 0 Å². The van der Waals surface area contributed by atoms with E-state index >= 15 is 0 Å². The van der Waals surface area contributed by atoms with E-state index in [0.717, 1.165) is 43.9 Å². The molecule has 1 N–H and O–H groups in total. The van der Waals surface area contributed by atoms with Gasteiger partial charge >= 0.3 is 0 Å². The van der Waals surface area contributed by atoms with Crippen molar-refractivity contribution in [2.75, 3.05) is 45.2 Å². The van der Waals surface area contributed by atoms with E-state index in [4.69, 9.17) is 4.74 Å². The lowest BCUT2D eigenvalue weighted by atomic mass is 10.1. The van der Waals surface area contributed by atoms with E-state index in [1.54, 1.807) is 13.4 Å². The van der Waals surface area contributed by atoms with Gasteiger partial charge in [0, 0.05) is 33.8 Å². The fourth-order valence-corrected chi connectivity index (χ4v) is 2.74. The minimum absolute atomic E-state index is 0.643. The second-order valence-electron chi connectivity index (χ2n) is 5.59. The molecule has 2 aromatic heterocycles. The molecule has 1 unspecified atom stereocenters. The van der Waals surface area contributed by atoms with Gasteiger partial charge in [-0.25, -0.2) is 9.97 Å². The molecule has 7 nitrogen and oxygen atoms in total. The van der Waals surface area contributed by atoms with Crippen LogP contribution in [0.25, 0.3) is 11.2 Å². The van der Waals surface area contributed by atoms with Crippen molar-refractivity contribution in [1.29, 1.82) is 0 Å². The van der Waals surface area contributed by atoms with Crippen molar-refractivity contribution in [2.24, 2.45) is 13.0 Å². The summed E-state index contributed by atoms with van der Waals surface area (Å²) in [5, 5.41) is 3.34. The summed E-state index contributed by atoms with van der Waals surface area (Å²) >= 11 is 0. The molecule has 0 amide bonds. The zero-order valence-corrected chi connectivity index (χ0v) is 12.6. The van der Waals surface area contributed by atoms with Crippen LogP contribution in [0.1, 0.15) is 6.42 Å². The molecule has 3 rings (SSSR count). The Bertz CT molecular complexity index is 598. The second-order valence-corrected chi connectivity index (χ2v) is 5.59. The fraction of sp³-hybridized carbons (Fsp3) is 0.643. The van der Waals surface area contributed by atoms with E-state index in [1.807, 2.05) is 17.8 Å². The van der Waals surface area contributed by atoms with Gasteiger partial charge in [-0.05, 0) is 18.9 Å². The Labute approximate surface area is 124 Å². The number of anilines is 1. The van der Waals surface area contributed by atoms with Crippen molar-refractivity contribution < 1.29 is 4.74 Å². The monoisotopic (exact) mass is 290 g/mol. The summed E-state index contributed by atoms with van der Waals surface area (Å²) in [4.78, 5) is 15.5. The van der Waals surface area contributed by atoms with Gasteiger partial charge < -0.3 is 19.5 Å². The summed E-state index contributed by atoms with van der Waals surface area (Å²) in [5.74, 6) is 1.31. The molecule has 1 atom stereocenters. The Balaban J connectivity index is 1.52. The lowest BCUT2D eigenvalue weighted by Crippen LogP contribution is -2.26. The van der Waals surface area contributed by atoms with Crippen LogP contribution in [0.5, 0.6) is 0 Å². The molecule has 0 bridgehead atoms. The predicted molar refractivity (Wildman–Crippen MR) is 81.2 cm³/mol. The van der Waals surface area contributed by atoms with Crippen LogP contribution in [-0.4, -0.2) is 64.3 Å². The normalized spacial score (nSPS) is 19.4. The van der Waals surface area contributed by atoms with E-state index in [0.29, 0.717) is 11.9 Å². The maximum atomic E-state index is 5.12. The number of aromatic nitrogens is 4. The zero-order chi connectivity index (χ0) is 14.7. The Morgan fingerprint density at radius 3 is 3.19 bits per heavy atom. The van der Waals surface area contributed by atoms with Gasteiger partial charge in [-0.2, -0.15) is 4.98 Å². The van der Waals surface area contributed by atoms with Gasteiger partial charge in [0.15, 0.2) is 5.65 Å². The topological polar surface area (TPSA) is 68.1 Å². The third kappa shape index (κ3) is 3.30. The summed E-state index contributed by atoms with van der Waals surface area (Å²) in [6.45, 7) is 4.99. The summed E-state index contributed by atoms with van der Waals surface area (Å²) in [6.07, 6.45) is 4.79. The average Bonchev–Trinajstić information content (AvgIpc) is 3.10. The van der Waals surface area contributed by atoms with Crippen molar-refractivity contribution >= 4 is 17.1 Å². The van der Waals surface area contributed by atoms with Crippen LogP contribution in [0, 0.1) is 5.92 Å². The molecule has 1 fully saturated rings. The molecule has 0 saturated carbocycles. The van der Waals surface area contributed by atoms with Crippen LogP contribution in [-0.2, 0) is 11.8 Å². The number of fused-ring (bicyclic) bond motifs is 1. The largest absolute Gasteiger partial charge is 0.383 e. The van der Waals surface area contributed by atoms with Crippen LogP contribution in [0.3, 0.4) is 0 Å². The van der Waals surface area contributed by atoms with Gasteiger partial charge in [0.2, 0.25) is 5.95 Å². The van der Waals surface area contributed by atoms with E-state index < -0.39 is 0 Å². The first-order chi connectivity index (χ1) is 10.3. The minimum atomic E-state index is 0.643. The zero-order valence-electron chi connectivity index (χ0n) is 12.6. The number of methoxy groups -OCH3 is 1. The van der Waals surface area contributed by atoms with E-state index in [-0.39, 0.29) is 0 Å². The quantitative estimate of drug-likeness (QED) is 0.846. The van der Waals surface area contributed by atoms with Crippen LogP contribution >= 0.6 is 0 Å². The SMILES string of the molecule is COCCN1CCC(CNc2ncc3c(ncn3C)n2)C1. The third-order valence-corrected chi connectivity index (χ3v) is 4.01. The summed E-state index contributed by atoms with van der Waals surface area (Å²) in [5.41, 5.74) is 1.69. The molecule has 0 spiro atoms. The highest BCUT2D eigenvalue weighted by Crippen LogP contribution is 2.16. The maximum absolute atomic E-state index is 5.12. The molecular formula is C14H22N6O. The predicted octanol–water partition coefficient (Wildman–Crippen LogP) is 0.743. The molecule has 114 valence electrons. The smallest absolute Gasteiger partial charge is 0.224 e. The number of hydrogen-bond acceptors (Lipinski definition) is 6. The highest BCUT2D eigenvalue weighted by atomic mass is 16.5. The second kappa shape index (κ2) is 6.36. The number of likely N-dealkylation sites (tertiary alicyclic amines) is 1. The Kier molecular flexibility index (Phi) is 4.31. The summed E-state index contributed by atoms with van der Waals surface area (Å²) < 4.78 is 7.05. The number of ether oxygens (including phenoxy) is 1. The van der Waals surface area contributed by atoms with E-state index in [1.165, 1.54) is 6.42 Å². The molecule has 2 aromatic rings. The Morgan fingerprint density at radius 2 is 2.33 bits per heavy atom. The van der Waals surface area contributed by atoms with Gasteiger partial charge in [-0.1, -0.05) is 0 Å². The van der Waals surface area contributed by atoms with Crippen molar-refractivity contribution in [1.82, 2.24) is 24.4 Å².